The topological polar surface area (TPSA) is 80.3 Å². The third kappa shape index (κ3) is 6.33. The Morgan fingerprint density at radius 3 is 2.29 bits per heavy atom. The third-order valence-electron chi connectivity index (χ3n) is 9.57. The van der Waals surface area contributed by atoms with Crippen molar-refractivity contribution < 1.29 is 4.79 Å². The fourth-order valence-corrected chi connectivity index (χ4v) is 7.42. The Morgan fingerprint density at radius 1 is 0.800 bits per heavy atom. The van der Waals surface area contributed by atoms with Crippen molar-refractivity contribution >= 4 is 34.2 Å². The Bertz CT molecular complexity index is 1770. The molecule has 2 N–H and O–H groups in total. The lowest BCUT2D eigenvalue weighted by Crippen LogP contribution is -2.45. The summed E-state index contributed by atoms with van der Waals surface area (Å²) < 4.78 is 2.42. The summed E-state index contributed by atoms with van der Waals surface area (Å²) in [7, 11) is 0. The summed E-state index contributed by atoms with van der Waals surface area (Å²) in [4.78, 5) is 27.2. The molecule has 0 bridgehead atoms. The van der Waals surface area contributed by atoms with Crippen LogP contribution in [0.4, 0.5) is 5.82 Å². The van der Waals surface area contributed by atoms with Gasteiger partial charge >= 0.3 is 0 Å². The highest BCUT2D eigenvalue weighted by Gasteiger charge is 2.33. The van der Waals surface area contributed by atoms with Crippen molar-refractivity contribution in [3.05, 3.63) is 113 Å². The van der Waals surface area contributed by atoms with E-state index in [0.717, 1.165) is 75.7 Å². The largest absolute Gasteiger partial charge is 0.384 e. The number of hydrogen-bond donors (Lipinski definition) is 1. The number of para-hydroxylation sites is 1. The molecule has 7 rings (SSSR count). The van der Waals surface area contributed by atoms with Crippen molar-refractivity contribution in [2.75, 3.05) is 31.9 Å². The summed E-state index contributed by atoms with van der Waals surface area (Å²) in [6, 6.07) is 26.9. The first-order chi connectivity index (χ1) is 22.0. The highest BCUT2D eigenvalue weighted by Crippen LogP contribution is 2.42. The van der Waals surface area contributed by atoms with Gasteiger partial charge in [0.2, 0.25) is 5.91 Å². The van der Waals surface area contributed by atoms with Crippen molar-refractivity contribution in [2.45, 2.75) is 44.7 Å². The number of hydrogen-bond acceptors (Lipinski definition) is 5. The first kappa shape index (κ1) is 29.5. The van der Waals surface area contributed by atoms with E-state index in [9.17, 15) is 4.79 Å². The summed E-state index contributed by atoms with van der Waals surface area (Å²) in [6.07, 6.45) is 7.35. The van der Waals surface area contributed by atoms with Crippen LogP contribution in [0.2, 0.25) is 5.02 Å². The third-order valence-corrected chi connectivity index (χ3v) is 9.83. The number of anilines is 1. The standard InChI is InChI=1S/C37H39ClN6O/c38-30-10-8-26(9-11-30)25-44-33-7-2-1-5-31(33)35(36(44)32-6-3-4-17-40-32)28-15-21-43(22-16-28)37(45)29-13-19-42(20-14-29)24-27-12-18-41-34(39)23-27/h1-12,17-18,23,28-29H,13-16,19-22,24-25H2,(H2,39,41). The van der Waals surface area contributed by atoms with Gasteiger partial charge < -0.3 is 15.2 Å². The van der Waals surface area contributed by atoms with Crippen LogP contribution in [-0.4, -0.2) is 56.4 Å². The molecule has 5 heterocycles. The van der Waals surface area contributed by atoms with E-state index in [-0.39, 0.29) is 5.92 Å². The molecule has 1 amide bonds. The fraction of sp³-hybridized carbons (Fsp3) is 0.324. The van der Waals surface area contributed by atoms with Gasteiger partial charge in [0.05, 0.1) is 11.4 Å². The Hall–Kier alpha value is -4.20. The average molecular weight is 619 g/mol. The number of nitrogen functional groups attached to an aromatic ring is 1. The van der Waals surface area contributed by atoms with Gasteiger partial charge in [-0.25, -0.2) is 4.98 Å². The molecule has 5 aromatic rings. The molecule has 0 saturated carbocycles. The summed E-state index contributed by atoms with van der Waals surface area (Å²) in [5.41, 5.74) is 13.0. The number of likely N-dealkylation sites (tertiary alicyclic amines) is 2. The highest BCUT2D eigenvalue weighted by molar-refractivity contribution is 6.30. The van der Waals surface area contributed by atoms with E-state index in [0.29, 0.717) is 17.6 Å². The van der Waals surface area contributed by atoms with E-state index in [4.69, 9.17) is 22.3 Å². The Morgan fingerprint density at radius 2 is 1.56 bits per heavy atom. The summed E-state index contributed by atoms with van der Waals surface area (Å²) in [6.45, 7) is 5.01. The van der Waals surface area contributed by atoms with Gasteiger partial charge in [0.1, 0.15) is 5.82 Å². The van der Waals surface area contributed by atoms with Gasteiger partial charge in [0, 0.05) is 60.4 Å². The van der Waals surface area contributed by atoms with Crippen molar-refractivity contribution in [3.8, 4) is 11.4 Å². The van der Waals surface area contributed by atoms with Gasteiger partial charge in [-0.2, -0.15) is 0 Å². The molecule has 45 heavy (non-hydrogen) atoms. The lowest BCUT2D eigenvalue weighted by molar-refractivity contribution is -0.138. The molecule has 2 aromatic carbocycles. The van der Waals surface area contributed by atoms with Gasteiger partial charge in [-0.05, 0) is 104 Å². The second kappa shape index (κ2) is 13.0. The number of nitrogens with two attached hydrogens (primary N) is 1. The number of aromatic nitrogens is 3. The summed E-state index contributed by atoms with van der Waals surface area (Å²) >= 11 is 6.21. The number of carbonyl (C=O) groups is 1. The number of pyridine rings is 2. The van der Waals surface area contributed by atoms with Crippen molar-refractivity contribution in [1.82, 2.24) is 24.3 Å². The van der Waals surface area contributed by atoms with Crippen LogP contribution >= 0.6 is 11.6 Å². The quantitative estimate of drug-likeness (QED) is 0.212. The minimum absolute atomic E-state index is 0.102. The molecule has 3 aromatic heterocycles. The minimum atomic E-state index is 0.102. The Labute approximate surface area is 269 Å². The van der Waals surface area contributed by atoms with E-state index >= 15 is 0 Å². The molecule has 0 aliphatic carbocycles. The number of piperidine rings is 2. The second-order valence-corrected chi connectivity index (χ2v) is 12.9. The zero-order valence-corrected chi connectivity index (χ0v) is 26.2. The zero-order valence-electron chi connectivity index (χ0n) is 25.5. The van der Waals surface area contributed by atoms with Gasteiger partial charge in [0.25, 0.3) is 0 Å². The van der Waals surface area contributed by atoms with Crippen molar-refractivity contribution in [2.24, 2.45) is 5.92 Å². The Kier molecular flexibility index (Phi) is 8.55. The van der Waals surface area contributed by atoms with Crippen LogP contribution < -0.4 is 5.73 Å². The van der Waals surface area contributed by atoms with E-state index in [1.807, 2.05) is 36.5 Å². The summed E-state index contributed by atoms with van der Waals surface area (Å²) in [5.74, 6) is 1.33. The van der Waals surface area contributed by atoms with E-state index in [1.54, 1.807) is 6.20 Å². The number of benzene rings is 2. The fourth-order valence-electron chi connectivity index (χ4n) is 7.29. The maximum Gasteiger partial charge on any atom is 0.225 e. The van der Waals surface area contributed by atoms with E-state index < -0.39 is 0 Å². The smallest absolute Gasteiger partial charge is 0.225 e. The SMILES string of the molecule is Nc1cc(CN2CCC(C(=O)N3CCC(c4c(-c5ccccn5)n(Cc5ccc(Cl)cc5)c5ccccc45)CC3)CC2)ccn1. The maximum atomic E-state index is 13.7. The molecular weight excluding hydrogens is 580 g/mol. The first-order valence-electron chi connectivity index (χ1n) is 16.0. The van der Waals surface area contributed by atoms with Crippen LogP contribution in [0.5, 0.6) is 0 Å². The van der Waals surface area contributed by atoms with Crippen LogP contribution in [0.15, 0.2) is 91.3 Å². The van der Waals surface area contributed by atoms with Crippen LogP contribution in [0.25, 0.3) is 22.3 Å². The molecular formula is C37H39ClN6O. The van der Waals surface area contributed by atoms with Gasteiger partial charge in [-0.3, -0.25) is 14.7 Å². The molecule has 7 nitrogen and oxygen atoms in total. The summed E-state index contributed by atoms with van der Waals surface area (Å²) in [5, 5.41) is 2.02. The first-order valence-corrected chi connectivity index (χ1v) is 16.4. The highest BCUT2D eigenvalue weighted by atomic mass is 35.5. The normalized spacial score (nSPS) is 16.8. The molecule has 0 atom stereocenters. The number of rotatable bonds is 7. The maximum absolute atomic E-state index is 13.7. The monoisotopic (exact) mass is 618 g/mol. The molecule has 230 valence electrons. The lowest BCUT2D eigenvalue weighted by Gasteiger charge is -2.37. The average Bonchev–Trinajstić information content (AvgIpc) is 3.40. The second-order valence-electron chi connectivity index (χ2n) is 12.4. The van der Waals surface area contributed by atoms with Crippen LogP contribution in [-0.2, 0) is 17.9 Å². The molecule has 0 unspecified atom stereocenters. The number of carbonyl (C=O) groups excluding carboxylic acids is 1. The van der Waals surface area contributed by atoms with Gasteiger partial charge in [-0.15, -0.1) is 0 Å². The van der Waals surface area contributed by atoms with Crippen LogP contribution in [0, 0.1) is 5.92 Å². The number of nitrogens with zero attached hydrogens (tertiary/aromatic N) is 5. The predicted molar refractivity (Wildman–Crippen MR) is 181 cm³/mol. The number of amides is 1. The Balaban J connectivity index is 1.08. The number of fused-ring (bicyclic) bond motifs is 1. The predicted octanol–water partition coefficient (Wildman–Crippen LogP) is 7.00. The lowest BCUT2D eigenvalue weighted by atomic mass is 9.85. The molecule has 8 heteroatoms. The molecule has 2 aliphatic heterocycles. The van der Waals surface area contributed by atoms with Gasteiger partial charge in [0.15, 0.2) is 0 Å². The van der Waals surface area contributed by atoms with E-state index in [2.05, 4.69) is 67.9 Å². The molecule has 0 spiro atoms. The zero-order chi connectivity index (χ0) is 30.8. The minimum Gasteiger partial charge on any atom is -0.384 e. The van der Waals surface area contributed by atoms with Gasteiger partial charge in [-0.1, -0.05) is 48.0 Å². The van der Waals surface area contributed by atoms with Crippen molar-refractivity contribution in [3.63, 3.8) is 0 Å². The molecule has 2 aliphatic rings. The van der Waals surface area contributed by atoms with Crippen molar-refractivity contribution in [1.29, 1.82) is 0 Å². The van der Waals surface area contributed by atoms with Crippen LogP contribution in [0.3, 0.4) is 0 Å². The number of halogens is 1. The van der Waals surface area contributed by atoms with Crippen LogP contribution in [0.1, 0.15) is 48.3 Å². The molecule has 0 radical (unpaired) electrons. The molecule has 2 saturated heterocycles. The van der Waals surface area contributed by atoms with E-state index in [1.165, 1.54) is 33.3 Å². The molecule has 2 fully saturated rings.